The van der Waals surface area contributed by atoms with Crippen molar-refractivity contribution in [2.75, 3.05) is 6.26 Å². The number of carbonyl (C=O) groups excluding carboxylic acids is 2. The van der Waals surface area contributed by atoms with Crippen LogP contribution >= 0.6 is 0 Å². The van der Waals surface area contributed by atoms with Crippen LogP contribution in [0, 0.1) is 17.1 Å². The average Bonchev–Trinajstić information content (AvgIpc) is 2.97. The number of carbonyl (C=O) groups is 2. The molecule has 9 heteroatoms. The summed E-state index contributed by atoms with van der Waals surface area (Å²) in [5.74, 6) is -3.75. The van der Waals surface area contributed by atoms with Crippen molar-refractivity contribution in [2.45, 2.75) is 36.0 Å². The van der Waals surface area contributed by atoms with Gasteiger partial charge in [-0.2, -0.15) is 5.26 Å². The van der Waals surface area contributed by atoms with E-state index in [1.807, 2.05) is 0 Å². The minimum atomic E-state index is -3.85. The van der Waals surface area contributed by atoms with E-state index in [0.29, 0.717) is 0 Å². The molecule has 0 heterocycles. The normalized spacial score (nSPS) is 23.1. The molecular formula is C21H14F3NO4S. The number of fused-ring (bicyclic) bond motifs is 2. The van der Waals surface area contributed by atoms with Crippen molar-refractivity contribution < 1.29 is 31.2 Å². The molecule has 1 unspecified atom stereocenters. The average molecular weight is 433 g/mol. The maximum absolute atomic E-state index is 14.5. The first-order chi connectivity index (χ1) is 14.0. The second-order valence-corrected chi connectivity index (χ2v) is 9.45. The second kappa shape index (κ2) is 6.77. The van der Waals surface area contributed by atoms with Crippen molar-refractivity contribution in [3.8, 4) is 6.07 Å². The van der Waals surface area contributed by atoms with E-state index in [0.717, 1.165) is 24.5 Å². The first kappa shape index (κ1) is 20.3. The molecule has 0 aliphatic heterocycles. The van der Waals surface area contributed by atoms with Gasteiger partial charge in [-0.05, 0) is 41.3 Å². The number of Topliss-reactive ketones (excluding diaryl/α,β-unsaturated/α-hetero) is 2. The number of halogens is 3. The van der Waals surface area contributed by atoms with E-state index in [1.165, 1.54) is 6.07 Å². The van der Waals surface area contributed by atoms with Crippen molar-refractivity contribution >= 4 is 21.4 Å². The van der Waals surface area contributed by atoms with Crippen molar-refractivity contribution in [2.24, 2.45) is 0 Å². The molecule has 4 rings (SSSR count). The Bertz CT molecular complexity index is 1280. The minimum Gasteiger partial charge on any atom is -0.291 e. The lowest BCUT2D eigenvalue weighted by molar-refractivity contribution is 0.0847. The predicted molar refractivity (Wildman–Crippen MR) is 99.3 cm³/mol. The van der Waals surface area contributed by atoms with Gasteiger partial charge in [-0.25, -0.2) is 21.6 Å². The number of ketones is 2. The van der Waals surface area contributed by atoms with Gasteiger partial charge in [0.1, 0.15) is 5.82 Å². The third-order valence-corrected chi connectivity index (χ3v) is 6.75. The van der Waals surface area contributed by atoms with Gasteiger partial charge in [0.25, 0.3) is 0 Å². The van der Waals surface area contributed by atoms with Gasteiger partial charge >= 0.3 is 0 Å². The highest BCUT2D eigenvalue weighted by molar-refractivity contribution is 7.90. The number of nitriles is 1. The fourth-order valence-electron chi connectivity index (χ4n) is 4.37. The number of rotatable bonds is 2. The quantitative estimate of drug-likeness (QED) is 0.725. The van der Waals surface area contributed by atoms with E-state index in [-0.39, 0.29) is 44.7 Å². The largest absolute Gasteiger partial charge is 0.291 e. The van der Waals surface area contributed by atoms with Gasteiger partial charge in [0.15, 0.2) is 33.7 Å². The standard InChI is InChI=1S/C21H14F3NO4S/c1-30(28,29)17-3-2-11(13-7-16(24)21(27)19(13)17)12-6-15(23)20(26)14-5-10(22)4-9(8-25)18(12)14/h2-5,12,15-16H,6-7H2,1H3/t12-,15-,16?/m1/s1. The van der Waals surface area contributed by atoms with Crippen LogP contribution in [0.2, 0.25) is 0 Å². The third-order valence-electron chi connectivity index (χ3n) is 5.61. The van der Waals surface area contributed by atoms with Gasteiger partial charge in [0.2, 0.25) is 0 Å². The summed E-state index contributed by atoms with van der Waals surface area (Å²) in [5.41, 5.74) is -0.264. The lowest BCUT2D eigenvalue weighted by Crippen LogP contribution is -2.29. The summed E-state index contributed by atoms with van der Waals surface area (Å²) in [6.07, 6.45) is -3.83. The summed E-state index contributed by atoms with van der Waals surface area (Å²) in [6, 6.07) is 6.08. The molecule has 0 amide bonds. The molecule has 0 radical (unpaired) electrons. The van der Waals surface area contributed by atoms with E-state index < -0.39 is 51.9 Å². The van der Waals surface area contributed by atoms with Crippen molar-refractivity contribution in [3.63, 3.8) is 0 Å². The molecule has 0 saturated carbocycles. The van der Waals surface area contributed by atoms with E-state index in [1.54, 1.807) is 6.07 Å². The summed E-state index contributed by atoms with van der Waals surface area (Å²) >= 11 is 0. The van der Waals surface area contributed by atoms with Crippen LogP contribution in [0.25, 0.3) is 0 Å². The Hall–Kier alpha value is -2.99. The van der Waals surface area contributed by atoms with Crippen LogP contribution in [0.4, 0.5) is 13.2 Å². The van der Waals surface area contributed by atoms with Crippen LogP contribution in [0.15, 0.2) is 29.2 Å². The molecule has 2 aliphatic carbocycles. The van der Waals surface area contributed by atoms with Crippen molar-refractivity contribution in [3.05, 3.63) is 63.5 Å². The summed E-state index contributed by atoms with van der Waals surface area (Å²) in [6.45, 7) is 0. The monoisotopic (exact) mass is 433 g/mol. The maximum Gasteiger partial charge on any atom is 0.198 e. The summed E-state index contributed by atoms with van der Waals surface area (Å²) in [4.78, 5) is 24.3. The number of nitrogens with zero attached hydrogens (tertiary/aromatic N) is 1. The Morgan fingerprint density at radius 1 is 1.10 bits per heavy atom. The smallest absolute Gasteiger partial charge is 0.198 e. The van der Waals surface area contributed by atoms with Gasteiger partial charge in [0.05, 0.1) is 16.5 Å². The van der Waals surface area contributed by atoms with E-state index >= 15 is 0 Å². The van der Waals surface area contributed by atoms with E-state index in [9.17, 15) is 36.4 Å². The maximum atomic E-state index is 14.5. The van der Waals surface area contributed by atoms with Crippen LogP contribution in [-0.4, -0.2) is 38.6 Å². The van der Waals surface area contributed by atoms with Crippen LogP contribution in [0.1, 0.15) is 55.3 Å². The summed E-state index contributed by atoms with van der Waals surface area (Å²) < 4.78 is 66.9. The molecule has 0 fully saturated rings. The highest BCUT2D eigenvalue weighted by Gasteiger charge is 2.42. The fraction of sp³-hybridized carbons (Fsp3) is 0.286. The second-order valence-electron chi connectivity index (χ2n) is 7.46. The third kappa shape index (κ3) is 2.94. The number of hydrogen-bond acceptors (Lipinski definition) is 5. The van der Waals surface area contributed by atoms with Crippen LogP contribution in [0.3, 0.4) is 0 Å². The molecule has 30 heavy (non-hydrogen) atoms. The summed E-state index contributed by atoms with van der Waals surface area (Å²) in [5, 5.41) is 9.45. The highest BCUT2D eigenvalue weighted by atomic mass is 32.2. The number of hydrogen-bond donors (Lipinski definition) is 0. The Morgan fingerprint density at radius 3 is 2.43 bits per heavy atom. The zero-order chi connectivity index (χ0) is 22.0. The molecule has 0 bridgehead atoms. The molecule has 2 aromatic carbocycles. The molecule has 5 nitrogen and oxygen atoms in total. The van der Waals surface area contributed by atoms with Crippen molar-refractivity contribution in [1.29, 1.82) is 5.26 Å². The zero-order valence-corrected chi connectivity index (χ0v) is 16.4. The van der Waals surface area contributed by atoms with Gasteiger partial charge in [-0.15, -0.1) is 0 Å². The Morgan fingerprint density at radius 2 is 1.80 bits per heavy atom. The van der Waals surface area contributed by atoms with Crippen LogP contribution in [0.5, 0.6) is 0 Å². The van der Waals surface area contributed by atoms with Gasteiger partial charge < -0.3 is 0 Å². The molecule has 0 N–H and O–H groups in total. The zero-order valence-electron chi connectivity index (χ0n) is 15.6. The molecule has 2 aromatic rings. The first-order valence-corrected chi connectivity index (χ1v) is 10.9. The molecule has 0 spiro atoms. The molecular weight excluding hydrogens is 419 g/mol. The Balaban J connectivity index is 2.03. The lowest BCUT2D eigenvalue weighted by Gasteiger charge is -2.30. The molecule has 2 aliphatic rings. The SMILES string of the molecule is CS(=O)(=O)c1ccc([C@H]2C[C@@H](F)C(=O)c3cc(F)cc(C#N)c32)c2c1C(=O)C(F)C2. The highest BCUT2D eigenvalue weighted by Crippen LogP contribution is 2.44. The predicted octanol–water partition coefficient (Wildman–Crippen LogP) is 3.23. The Kier molecular flexibility index (Phi) is 4.58. The Labute approximate surface area is 170 Å². The van der Waals surface area contributed by atoms with Gasteiger partial charge in [0, 0.05) is 29.7 Å². The molecule has 0 saturated heterocycles. The van der Waals surface area contributed by atoms with Crippen LogP contribution in [-0.2, 0) is 16.3 Å². The number of benzene rings is 2. The number of alkyl halides is 2. The van der Waals surface area contributed by atoms with Gasteiger partial charge in [-0.1, -0.05) is 6.07 Å². The first-order valence-electron chi connectivity index (χ1n) is 9.00. The van der Waals surface area contributed by atoms with E-state index in [2.05, 4.69) is 0 Å². The van der Waals surface area contributed by atoms with Crippen molar-refractivity contribution in [1.82, 2.24) is 0 Å². The fourth-order valence-corrected chi connectivity index (χ4v) is 5.28. The number of sulfone groups is 1. The summed E-state index contributed by atoms with van der Waals surface area (Å²) in [7, 11) is -3.85. The molecule has 3 atom stereocenters. The van der Waals surface area contributed by atoms with E-state index in [4.69, 9.17) is 0 Å². The minimum absolute atomic E-state index is 0.0989. The lowest BCUT2D eigenvalue weighted by atomic mass is 9.74. The van der Waals surface area contributed by atoms with Crippen LogP contribution < -0.4 is 0 Å². The molecule has 0 aromatic heterocycles. The topological polar surface area (TPSA) is 92.1 Å². The van der Waals surface area contributed by atoms with Gasteiger partial charge in [-0.3, -0.25) is 9.59 Å². The molecule has 154 valence electrons.